The second-order valence-corrected chi connectivity index (χ2v) is 7.24. The quantitative estimate of drug-likeness (QED) is 0.272. The SMILES string of the molecule is COC(=O)C[C@@H]1C[C@@H](Cn2cccc(C(=O)Nc3ccc(C(=N)N)cc3)c2=O)NC1=O.Cl. The molecule has 0 unspecified atom stereocenters. The summed E-state index contributed by atoms with van der Waals surface area (Å²) in [4.78, 5) is 48.9. The molecule has 11 heteroatoms. The van der Waals surface area contributed by atoms with E-state index in [1.165, 1.54) is 17.7 Å². The first kappa shape index (κ1) is 24.6. The van der Waals surface area contributed by atoms with Crippen LogP contribution in [0.4, 0.5) is 5.69 Å². The van der Waals surface area contributed by atoms with Gasteiger partial charge in [-0.3, -0.25) is 24.6 Å². The van der Waals surface area contributed by atoms with Crippen LogP contribution in [0.15, 0.2) is 47.4 Å². The molecule has 2 heterocycles. The highest BCUT2D eigenvalue weighted by Gasteiger charge is 2.34. The molecule has 3 rings (SSSR count). The third-order valence-corrected chi connectivity index (χ3v) is 5.06. The topological polar surface area (TPSA) is 156 Å². The molecule has 2 aromatic rings. The average molecular weight is 462 g/mol. The molecule has 170 valence electrons. The summed E-state index contributed by atoms with van der Waals surface area (Å²) in [5, 5.41) is 12.8. The summed E-state index contributed by atoms with van der Waals surface area (Å²) in [5.74, 6) is -1.89. The summed E-state index contributed by atoms with van der Waals surface area (Å²) in [7, 11) is 1.26. The van der Waals surface area contributed by atoms with Crippen molar-refractivity contribution < 1.29 is 19.1 Å². The van der Waals surface area contributed by atoms with Gasteiger partial charge in [0, 0.05) is 30.0 Å². The van der Waals surface area contributed by atoms with E-state index in [0.717, 1.165) is 0 Å². The molecule has 0 aliphatic carbocycles. The van der Waals surface area contributed by atoms with Crippen LogP contribution in [0, 0.1) is 11.3 Å². The van der Waals surface area contributed by atoms with E-state index in [2.05, 4.69) is 15.4 Å². The number of aromatic nitrogens is 1. The van der Waals surface area contributed by atoms with Crippen molar-refractivity contribution in [1.29, 1.82) is 5.41 Å². The van der Waals surface area contributed by atoms with Crippen LogP contribution in [0.5, 0.6) is 0 Å². The third kappa shape index (κ3) is 5.73. The lowest BCUT2D eigenvalue weighted by Crippen LogP contribution is -2.36. The van der Waals surface area contributed by atoms with Gasteiger partial charge in [-0.2, -0.15) is 0 Å². The molecule has 10 nitrogen and oxygen atoms in total. The van der Waals surface area contributed by atoms with Gasteiger partial charge in [0.2, 0.25) is 5.91 Å². The maximum absolute atomic E-state index is 12.8. The van der Waals surface area contributed by atoms with Crippen LogP contribution >= 0.6 is 12.4 Å². The van der Waals surface area contributed by atoms with Crippen molar-refractivity contribution in [2.75, 3.05) is 12.4 Å². The second kappa shape index (κ2) is 10.6. The highest BCUT2D eigenvalue weighted by molar-refractivity contribution is 6.04. The molecule has 0 spiro atoms. The zero-order valence-electron chi connectivity index (χ0n) is 17.3. The van der Waals surface area contributed by atoms with Gasteiger partial charge in [-0.1, -0.05) is 0 Å². The fourth-order valence-corrected chi connectivity index (χ4v) is 3.43. The molecule has 0 saturated carbocycles. The molecule has 32 heavy (non-hydrogen) atoms. The lowest BCUT2D eigenvalue weighted by atomic mass is 10.0. The summed E-state index contributed by atoms with van der Waals surface area (Å²) in [6.45, 7) is 0.177. The van der Waals surface area contributed by atoms with Crippen LogP contribution in [0.3, 0.4) is 0 Å². The Bertz CT molecular complexity index is 1080. The first-order valence-corrected chi connectivity index (χ1v) is 9.61. The number of carbonyl (C=O) groups excluding carboxylic acids is 3. The summed E-state index contributed by atoms with van der Waals surface area (Å²) < 4.78 is 5.97. The molecule has 5 N–H and O–H groups in total. The Morgan fingerprint density at radius 1 is 1.25 bits per heavy atom. The zero-order chi connectivity index (χ0) is 22.5. The van der Waals surface area contributed by atoms with Gasteiger partial charge in [0.1, 0.15) is 11.4 Å². The molecular formula is C21H24ClN5O5. The average Bonchev–Trinajstić information content (AvgIpc) is 3.08. The monoisotopic (exact) mass is 461 g/mol. The molecule has 1 fully saturated rings. The Morgan fingerprint density at radius 2 is 1.94 bits per heavy atom. The number of halogens is 1. The third-order valence-electron chi connectivity index (χ3n) is 5.06. The number of nitrogens with two attached hydrogens (primary N) is 1. The molecule has 1 aliphatic rings. The lowest BCUT2D eigenvalue weighted by molar-refractivity contribution is -0.143. The first-order chi connectivity index (χ1) is 14.8. The predicted octanol–water partition coefficient (Wildman–Crippen LogP) is 0.874. The van der Waals surface area contributed by atoms with Crippen LogP contribution in [0.25, 0.3) is 0 Å². The lowest BCUT2D eigenvalue weighted by Gasteiger charge is -2.13. The zero-order valence-corrected chi connectivity index (χ0v) is 18.1. The number of hydrogen-bond acceptors (Lipinski definition) is 6. The van der Waals surface area contributed by atoms with Crippen LogP contribution in [-0.2, 0) is 20.9 Å². The predicted molar refractivity (Wildman–Crippen MR) is 120 cm³/mol. The molecule has 1 aromatic heterocycles. The second-order valence-electron chi connectivity index (χ2n) is 7.24. The van der Waals surface area contributed by atoms with E-state index >= 15 is 0 Å². The first-order valence-electron chi connectivity index (χ1n) is 9.61. The molecule has 0 bridgehead atoms. The van der Waals surface area contributed by atoms with E-state index < -0.39 is 23.4 Å². The van der Waals surface area contributed by atoms with Crippen molar-refractivity contribution in [3.8, 4) is 0 Å². The standard InChI is InChI=1S/C21H23N5O5.ClH/c1-31-17(27)10-13-9-15(25-19(13)28)11-26-8-2-3-16(21(26)30)20(29)24-14-6-4-12(5-7-14)18(22)23;/h2-8,13,15H,9-11H2,1H3,(H3,22,23)(H,24,29)(H,25,28);1H/t13-,15-;/m0./s1. The maximum atomic E-state index is 12.8. The van der Waals surface area contributed by atoms with E-state index in [9.17, 15) is 19.2 Å². The van der Waals surface area contributed by atoms with Crippen molar-refractivity contribution in [2.24, 2.45) is 11.7 Å². The number of ether oxygens (including phenoxy) is 1. The van der Waals surface area contributed by atoms with E-state index in [0.29, 0.717) is 17.7 Å². The number of hydrogen-bond donors (Lipinski definition) is 4. The minimum absolute atomic E-state index is 0. The number of carbonyl (C=O) groups is 3. The molecule has 1 aliphatic heterocycles. The molecule has 1 aromatic carbocycles. The number of amidine groups is 1. The van der Waals surface area contributed by atoms with Crippen molar-refractivity contribution in [1.82, 2.24) is 9.88 Å². The van der Waals surface area contributed by atoms with E-state index in [1.54, 1.807) is 36.5 Å². The fourth-order valence-electron chi connectivity index (χ4n) is 3.43. The van der Waals surface area contributed by atoms with Crippen molar-refractivity contribution in [3.63, 3.8) is 0 Å². The van der Waals surface area contributed by atoms with E-state index in [1.807, 2.05) is 0 Å². The van der Waals surface area contributed by atoms with Crippen molar-refractivity contribution in [3.05, 3.63) is 64.1 Å². The Balaban J connectivity index is 0.00000363. The smallest absolute Gasteiger partial charge is 0.306 e. The minimum Gasteiger partial charge on any atom is -0.469 e. The Kier molecular flexibility index (Phi) is 8.14. The largest absolute Gasteiger partial charge is 0.469 e. The van der Waals surface area contributed by atoms with Crippen LogP contribution in [0.2, 0.25) is 0 Å². The number of amides is 2. The van der Waals surface area contributed by atoms with Crippen LogP contribution in [-0.4, -0.2) is 41.3 Å². The Morgan fingerprint density at radius 3 is 2.56 bits per heavy atom. The summed E-state index contributed by atoms with van der Waals surface area (Å²) in [6.07, 6.45) is 1.92. The summed E-state index contributed by atoms with van der Waals surface area (Å²) >= 11 is 0. The maximum Gasteiger partial charge on any atom is 0.306 e. The van der Waals surface area contributed by atoms with Crippen molar-refractivity contribution >= 4 is 41.7 Å². The van der Waals surface area contributed by atoms with Crippen molar-refractivity contribution in [2.45, 2.75) is 25.4 Å². The van der Waals surface area contributed by atoms with Gasteiger partial charge >= 0.3 is 5.97 Å². The Labute approximate surface area is 190 Å². The highest BCUT2D eigenvalue weighted by atomic mass is 35.5. The van der Waals surface area contributed by atoms with Gasteiger partial charge < -0.3 is 25.7 Å². The number of anilines is 1. The minimum atomic E-state index is -0.575. The van der Waals surface area contributed by atoms with Gasteiger partial charge in [-0.15, -0.1) is 12.4 Å². The van der Waals surface area contributed by atoms with Crippen LogP contribution in [0.1, 0.15) is 28.8 Å². The number of nitrogens with one attached hydrogen (secondary N) is 3. The fraction of sp³-hybridized carbons (Fsp3) is 0.286. The van der Waals surface area contributed by atoms with Gasteiger partial charge in [0.25, 0.3) is 11.5 Å². The molecule has 2 amide bonds. The molecular weight excluding hydrogens is 438 g/mol. The number of rotatable bonds is 7. The summed E-state index contributed by atoms with van der Waals surface area (Å²) in [6, 6.07) is 9.03. The normalized spacial score (nSPS) is 17.1. The number of benzene rings is 1. The number of methoxy groups -OCH3 is 1. The van der Waals surface area contributed by atoms with Gasteiger partial charge in [0.05, 0.1) is 19.4 Å². The van der Waals surface area contributed by atoms with Gasteiger partial charge in [-0.25, -0.2) is 0 Å². The molecule has 0 radical (unpaired) electrons. The number of nitrogen functional groups attached to an aromatic ring is 1. The van der Waals surface area contributed by atoms with E-state index in [4.69, 9.17) is 11.1 Å². The van der Waals surface area contributed by atoms with Crippen LogP contribution < -0.4 is 21.9 Å². The number of pyridine rings is 1. The number of nitrogens with zero attached hydrogens (tertiary/aromatic N) is 1. The van der Waals surface area contributed by atoms with Gasteiger partial charge in [0.15, 0.2) is 0 Å². The summed E-state index contributed by atoms with van der Waals surface area (Å²) in [5.41, 5.74) is 5.84. The molecule has 2 atom stereocenters. The highest BCUT2D eigenvalue weighted by Crippen LogP contribution is 2.20. The van der Waals surface area contributed by atoms with Gasteiger partial charge in [-0.05, 0) is 42.8 Å². The van der Waals surface area contributed by atoms with E-state index in [-0.39, 0.29) is 48.7 Å². The Hall–Kier alpha value is -3.66. The molecule has 1 saturated heterocycles. The number of esters is 1.